The van der Waals surface area contributed by atoms with Gasteiger partial charge in [0, 0.05) is 5.56 Å². The lowest BCUT2D eigenvalue weighted by Crippen LogP contribution is -2.35. The zero-order valence-electron chi connectivity index (χ0n) is 20.3. The summed E-state index contributed by atoms with van der Waals surface area (Å²) < 4.78 is 53.7. The van der Waals surface area contributed by atoms with E-state index in [1.54, 1.807) is 6.07 Å². The molecule has 1 atom stereocenters. The number of hydrogen-bond acceptors (Lipinski definition) is 0. The fourth-order valence-corrected chi connectivity index (χ4v) is 9.78. The highest BCUT2D eigenvalue weighted by molar-refractivity contribution is 7.96. The van der Waals surface area contributed by atoms with Gasteiger partial charge < -0.3 is 17.3 Å². The Morgan fingerprint density at radius 2 is 0.789 bits per heavy atom. The molecular weight excluding hydrogens is 509 g/mol. The molecule has 5 rings (SSSR count). The van der Waals surface area contributed by atoms with Crippen molar-refractivity contribution in [3.8, 4) is 0 Å². The van der Waals surface area contributed by atoms with E-state index in [1.807, 2.05) is 12.1 Å². The first kappa shape index (κ1) is 27.3. The van der Waals surface area contributed by atoms with Crippen LogP contribution in [-0.4, -0.2) is 7.25 Å². The van der Waals surface area contributed by atoms with Gasteiger partial charge in [0.2, 0.25) is 0 Å². The summed E-state index contributed by atoms with van der Waals surface area (Å²) in [5.74, 6) is -0.208. The third kappa shape index (κ3) is 6.38. The van der Waals surface area contributed by atoms with Crippen molar-refractivity contribution in [3.63, 3.8) is 0 Å². The van der Waals surface area contributed by atoms with Crippen LogP contribution in [-0.2, 0) is 0 Å². The molecule has 0 aliphatic rings. The van der Waals surface area contributed by atoms with E-state index in [-0.39, 0.29) is 11.5 Å². The maximum atomic E-state index is 14.7. The maximum absolute atomic E-state index is 14.7. The molecule has 0 aliphatic heterocycles. The Morgan fingerprint density at radius 3 is 1.16 bits per heavy atom. The largest absolute Gasteiger partial charge is 0.673 e. The van der Waals surface area contributed by atoms with Crippen LogP contribution in [0.15, 0.2) is 146 Å². The van der Waals surface area contributed by atoms with Gasteiger partial charge in [-0.15, -0.1) is 0 Å². The lowest BCUT2D eigenvalue weighted by atomic mass is 10.0. The molecule has 5 aromatic rings. The number of rotatable bonds is 6. The normalized spacial score (nSPS) is 12.2. The van der Waals surface area contributed by atoms with Gasteiger partial charge in [0.25, 0.3) is 0 Å². The quantitative estimate of drug-likeness (QED) is 0.117. The van der Waals surface area contributed by atoms with Gasteiger partial charge in [-0.2, -0.15) is 0 Å². The van der Waals surface area contributed by atoms with Gasteiger partial charge in [-0.1, -0.05) is 97.1 Å². The number of hydrogen-bond donors (Lipinski definition) is 0. The third-order valence-electron chi connectivity index (χ3n) is 6.16. The number of halogens is 5. The lowest BCUT2D eigenvalue weighted by molar-refractivity contribution is 0.368. The molecule has 0 radical (unpaired) electrons. The minimum Gasteiger partial charge on any atom is -0.418 e. The molecule has 192 valence electrons. The summed E-state index contributed by atoms with van der Waals surface area (Å²) in [4.78, 5) is 0. The summed E-state index contributed by atoms with van der Waals surface area (Å²) in [5, 5.41) is 3.83. The first-order chi connectivity index (χ1) is 18.3. The predicted molar refractivity (Wildman–Crippen MR) is 150 cm³/mol. The summed E-state index contributed by atoms with van der Waals surface area (Å²) in [5.41, 5.74) is 2.14. The highest BCUT2D eigenvalue weighted by atomic mass is 31.2. The topological polar surface area (TPSA) is 0 Å². The molecule has 7 heteroatoms. The maximum Gasteiger partial charge on any atom is 0.673 e. The lowest BCUT2D eigenvalue weighted by Gasteiger charge is -2.35. The van der Waals surface area contributed by atoms with E-state index in [0.717, 1.165) is 5.56 Å². The summed E-state index contributed by atoms with van der Waals surface area (Å²) in [6, 6.07) is 50.0. The average molecular weight is 534 g/mol. The van der Waals surface area contributed by atoms with E-state index in [0.29, 0.717) is 0 Å². The van der Waals surface area contributed by atoms with E-state index in [4.69, 9.17) is 0 Å². The first-order valence-corrected chi connectivity index (χ1v) is 13.9. The molecule has 5 aromatic carbocycles. The molecule has 0 aromatic heterocycles. The zero-order valence-corrected chi connectivity index (χ0v) is 21.2. The average Bonchev–Trinajstić information content (AvgIpc) is 2.93. The molecule has 0 N–H and O–H groups in total. The Morgan fingerprint density at radius 1 is 0.447 bits per heavy atom. The van der Waals surface area contributed by atoms with E-state index in [9.17, 15) is 21.7 Å². The Balaban J connectivity index is 0.000000617. The van der Waals surface area contributed by atoms with Crippen molar-refractivity contribution in [2.75, 3.05) is 0 Å². The van der Waals surface area contributed by atoms with Gasteiger partial charge in [-0.3, -0.25) is 0 Å². The Labute approximate surface area is 220 Å². The highest BCUT2D eigenvalue weighted by Crippen LogP contribution is 2.68. The van der Waals surface area contributed by atoms with Crippen LogP contribution >= 0.6 is 7.26 Å². The fourth-order valence-electron chi connectivity index (χ4n) is 4.84. The number of benzene rings is 5. The van der Waals surface area contributed by atoms with Crippen LogP contribution < -0.4 is 15.9 Å². The van der Waals surface area contributed by atoms with Gasteiger partial charge in [-0.25, -0.2) is 4.39 Å². The Bertz CT molecular complexity index is 1310. The summed E-state index contributed by atoms with van der Waals surface area (Å²) in [6.45, 7) is 0. The van der Waals surface area contributed by atoms with Crippen molar-refractivity contribution in [2.45, 2.75) is 5.66 Å². The Kier molecular flexibility index (Phi) is 8.75. The van der Waals surface area contributed by atoms with Gasteiger partial charge >= 0.3 is 7.25 Å². The van der Waals surface area contributed by atoms with Crippen LogP contribution in [0.4, 0.5) is 21.7 Å². The van der Waals surface area contributed by atoms with Crippen molar-refractivity contribution in [1.29, 1.82) is 0 Å². The second-order valence-electron chi connectivity index (χ2n) is 8.59. The minimum absolute atomic E-state index is 0.0402. The molecular formula is C31H25BF5P. The highest BCUT2D eigenvalue weighted by Gasteiger charge is 2.53. The molecule has 0 saturated carbocycles. The van der Waals surface area contributed by atoms with E-state index in [1.165, 1.54) is 27.5 Å². The van der Waals surface area contributed by atoms with E-state index >= 15 is 0 Å². The van der Waals surface area contributed by atoms with Crippen molar-refractivity contribution >= 4 is 30.4 Å². The van der Waals surface area contributed by atoms with Crippen LogP contribution in [0.2, 0.25) is 0 Å². The minimum atomic E-state index is -6.00. The monoisotopic (exact) mass is 534 g/mol. The van der Waals surface area contributed by atoms with Gasteiger partial charge in [0.05, 0.1) is 0 Å². The second kappa shape index (κ2) is 12.2. The molecule has 0 fully saturated rings. The van der Waals surface area contributed by atoms with Gasteiger partial charge in [-0.05, 0) is 54.1 Å². The molecule has 0 amide bonds. The summed E-state index contributed by atoms with van der Waals surface area (Å²) in [6.07, 6.45) is 0. The molecule has 0 bridgehead atoms. The van der Waals surface area contributed by atoms with Crippen LogP contribution in [0.1, 0.15) is 16.8 Å². The molecule has 0 aliphatic carbocycles. The molecule has 0 heterocycles. The SMILES string of the molecule is F[B-](F)(F)F.Fc1cccc(C(c2ccccc2)[P+](c2ccccc2)(c2ccccc2)c2ccccc2)c1. The van der Waals surface area contributed by atoms with Crippen molar-refractivity contribution in [2.24, 2.45) is 0 Å². The zero-order chi connectivity index (χ0) is 27.0. The van der Waals surface area contributed by atoms with Crippen LogP contribution in [0, 0.1) is 5.82 Å². The van der Waals surface area contributed by atoms with Crippen molar-refractivity contribution in [1.82, 2.24) is 0 Å². The molecule has 38 heavy (non-hydrogen) atoms. The third-order valence-corrected chi connectivity index (χ3v) is 10.9. The van der Waals surface area contributed by atoms with E-state index < -0.39 is 14.5 Å². The predicted octanol–water partition coefficient (Wildman–Crippen LogP) is 8.21. The molecule has 0 saturated heterocycles. The van der Waals surface area contributed by atoms with Crippen LogP contribution in [0.5, 0.6) is 0 Å². The smallest absolute Gasteiger partial charge is 0.418 e. The first-order valence-electron chi connectivity index (χ1n) is 12.0. The Hall–Kier alpha value is -3.76. The fraction of sp³-hybridized carbons (Fsp3) is 0.0323. The van der Waals surface area contributed by atoms with Crippen LogP contribution in [0.25, 0.3) is 0 Å². The second-order valence-corrected chi connectivity index (χ2v) is 12.1. The molecule has 0 spiro atoms. The van der Waals surface area contributed by atoms with Crippen LogP contribution in [0.3, 0.4) is 0 Å². The van der Waals surface area contributed by atoms with Crippen molar-refractivity contribution < 1.29 is 21.7 Å². The summed E-state index contributed by atoms with van der Waals surface area (Å²) >= 11 is 0. The molecule has 0 nitrogen and oxygen atoms in total. The van der Waals surface area contributed by atoms with Gasteiger partial charge in [0.1, 0.15) is 34.7 Å². The molecule has 1 unspecified atom stereocenters. The van der Waals surface area contributed by atoms with Gasteiger partial charge in [0.15, 0.2) is 0 Å². The van der Waals surface area contributed by atoms with E-state index in [2.05, 4.69) is 121 Å². The van der Waals surface area contributed by atoms with Crippen molar-refractivity contribution in [3.05, 3.63) is 163 Å². The standard InChI is InChI=1S/C31H25FP.BF4/c32-27-17-13-16-26(24-27)31(25-14-5-1-6-15-25)33(28-18-7-2-8-19-28,29-20-9-3-10-21-29)30-22-11-4-12-23-30;2-1(3,4)5/h1-24,31H;/q+1;-1. The summed E-state index contributed by atoms with van der Waals surface area (Å²) in [7, 11) is -8.29.